The van der Waals surface area contributed by atoms with Gasteiger partial charge in [0, 0.05) is 29.1 Å². The molecule has 2 N–H and O–H groups in total. The molecule has 0 unspecified atom stereocenters. The van der Waals surface area contributed by atoms with Crippen LogP contribution in [0.3, 0.4) is 0 Å². The van der Waals surface area contributed by atoms with Gasteiger partial charge in [0.25, 0.3) is 0 Å². The number of nitrogens with zero attached hydrogens (tertiary/aromatic N) is 5. The third kappa shape index (κ3) is 3.18. The number of hydrogen-bond donors (Lipinski definition) is 2. The summed E-state index contributed by atoms with van der Waals surface area (Å²) in [6.45, 7) is 5.74. The summed E-state index contributed by atoms with van der Waals surface area (Å²) < 4.78 is 2.37. The lowest BCUT2D eigenvalue weighted by molar-refractivity contribution is 0.752. The molecule has 5 rings (SSSR count). The predicted octanol–water partition coefficient (Wildman–Crippen LogP) is 4.14. The topological polar surface area (TPSA) is 83.8 Å². The third-order valence-electron chi connectivity index (χ3n) is 5.62. The fourth-order valence-electron chi connectivity index (χ4n) is 4.04. The summed E-state index contributed by atoms with van der Waals surface area (Å²) in [7, 11) is 0. The number of aromatic amines is 1. The Hall–Kier alpha value is -3.74. The monoisotopic (exact) mass is 397 g/mol. The van der Waals surface area contributed by atoms with Gasteiger partial charge in [-0.15, -0.1) is 10.2 Å². The van der Waals surface area contributed by atoms with Gasteiger partial charge in [0.1, 0.15) is 12.5 Å². The van der Waals surface area contributed by atoms with E-state index in [4.69, 9.17) is 0 Å². The summed E-state index contributed by atoms with van der Waals surface area (Å²) in [6.07, 6.45) is 0.984. The maximum atomic E-state index is 4.52. The molecule has 0 amide bonds. The number of aryl methyl sites for hydroxylation is 1. The first-order chi connectivity index (χ1) is 14.7. The molecular formula is C23H23N7. The molecule has 7 nitrogen and oxygen atoms in total. The van der Waals surface area contributed by atoms with Gasteiger partial charge in [-0.1, -0.05) is 55.5 Å². The molecule has 7 heteroatoms. The standard InChI is InChI=1S/C23H23N7/c1-3-18-12-21-15(2)24-14-25-23(21)30(18)13-16-8-10-17(11-9-16)19-6-4-5-7-20(19)22-26-28-29-27-22/h4-12,25H,3,13-14H2,1-2H3,(H,26,27,28,29). The Morgan fingerprint density at radius 3 is 2.53 bits per heavy atom. The van der Waals surface area contributed by atoms with Gasteiger partial charge in [-0.05, 0) is 41.3 Å². The second-order valence-corrected chi connectivity index (χ2v) is 7.39. The molecule has 4 aromatic rings. The highest BCUT2D eigenvalue weighted by molar-refractivity contribution is 6.04. The van der Waals surface area contributed by atoms with Gasteiger partial charge in [-0.3, -0.25) is 4.99 Å². The summed E-state index contributed by atoms with van der Waals surface area (Å²) in [6, 6.07) is 19.1. The molecule has 1 aliphatic rings. The predicted molar refractivity (Wildman–Crippen MR) is 119 cm³/mol. The zero-order valence-corrected chi connectivity index (χ0v) is 17.1. The minimum absolute atomic E-state index is 0.601. The first-order valence-electron chi connectivity index (χ1n) is 10.1. The second-order valence-electron chi connectivity index (χ2n) is 7.39. The first-order valence-corrected chi connectivity index (χ1v) is 10.1. The minimum Gasteiger partial charge on any atom is -0.352 e. The van der Waals surface area contributed by atoms with Gasteiger partial charge >= 0.3 is 0 Å². The zero-order chi connectivity index (χ0) is 20.5. The summed E-state index contributed by atoms with van der Waals surface area (Å²) in [5, 5.41) is 18.0. The lowest BCUT2D eigenvalue weighted by Gasteiger charge is -2.18. The summed E-state index contributed by atoms with van der Waals surface area (Å²) in [5.74, 6) is 1.77. The van der Waals surface area contributed by atoms with Crippen molar-refractivity contribution in [1.82, 2.24) is 25.2 Å². The van der Waals surface area contributed by atoms with E-state index in [-0.39, 0.29) is 0 Å². The van der Waals surface area contributed by atoms with Crippen LogP contribution in [0.25, 0.3) is 22.5 Å². The number of anilines is 1. The van der Waals surface area contributed by atoms with Crippen molar-refractivity contribution in [2.75, 3.05) is 12.0 Å². The lowest BCUT2D eigenvalue weighted by atomic mass is 9.98. The molecule has 2 aromatic carbocycles. The van der Waals surface area contributed by atoms with E-state index in [1.165, 1.54) is 22.6 Å². The summed E-state index contributed by atoms with van der Waals surface area (Å²) >= 11 is 0. The van der Waals surface area contributed by atoms with Crippen LogP contribution in [0.4, 0.5) is 5.82 Å². The average Bonchev–Trinajstić information content (AvgIpc) is 3.44. The Bertz CT molecular complexity index is 1200. The summed E-state index contributed by atoms with van der Waals surface area (Å²) in [5.41, 5.74) is 8.07. The molecule has 2 aromatic heterocycles. The van der Waals surface area contributed by atoms with Crippen LogP contribution in [0.15, 0.2) is 59.6 Å². The van der Waals surface area contributed by atoms with E-state index in [0.717, 1.165) is 35.4 Å². The van der Waals surface area contributed by atoms with Crippen LogP contribution in [0.2, 0.25) is 0 Å². The zero-order valence-electron chi connectivity index (χ0n) is 17.1. The molecule has 0 aliphatic carbocycles. The van der Waals surface area contributed by atoms with E-state index in [1.807, 2.05) is 18.2 Å². The molecule has 0 bridgehead atoms. The van der Waals surface area contributed by atoms with Gasteiger partial charge in [0.15, 0.2) is 0 Å². The molecule has 0 saturated carbocycles. The van der Waals surface area contributed by atoms with Crippen molar-refractivity contribution in [3.63, 3.8) is 0 Å². The minimum atomic E-state index is 0.601. The number of aliphatic imine (C=N–C) groups is 1. The number of tetrazole rings is 1. The van der Waals surface area contributed by atoms with Gasteiger partial charge < -0.3 is 9.88 Å². The third-order valence-corrected chi connectivity index (χ3v) is 5.62. The second kappa shape index (κ2) is 7.59. The normalized spacial score (nSPS) is 12.9. The van der Waals surface area contributed by atoms with Crippen LogP contribution >= 0.6 is 0 Å². The van der Waals surface area contributed by atoms with Crippen LogP contribution in [0.1, 0.15) is 30.7 Å². The van der Waals surface area contributed by atoms with Crippen LogP contribution < -0.4 is 5.32 Å². The van der Waals surface area contributed by atoms with E-state index in [9.17, 15) is 0 Å². The number of rotatable bonds is 5. The van der Waals surface area contributed by atoms with Gasteiger partial charge in [0.05, 0.1) is 0 Å². The number of aromatic nitrogens is 5. The van der Waals surface area contributed by atoms with E-state index < -0.39 is 0 Å². The van der Waals surface area contributed by atoms with Crippen molar-refractivity contribution in [3.8, 4) is 22.5 Å². The van der Waals surface area contributed by atoms with E-state index in [0.29, 0.717) is 12.5 Å². The first kappa shape index (κ1) is 18.3. The lowest BCUT2D eigenvalue weighted by Crippen LogP contribution is -2.16. The molecule has 0 radical (unpaired) electrons. The number of nitrogens with one attached hydrogen (secondary N) is 2. The van der Waals surface area contributed by atoms with Crippen molar-refractivity contribution < 1.29 is 0 Å². The molecule has 0 spiro atoms. The van der Waals surface area contributed by atoms with Crippen LogP contribution in [0.5, 0.6) is 0 Å². The van der Waals surface area contributed by atoms with E-state index in [1.54, 1.807) is 0 Å². The van der Waals surface area contributed by atoms with Gasteiger partial charge in [0.2, 0.25) is 5.82 Å². The number of H-pyrrole nitrogens is 1. The highest BCUT2D eigenvalue weighted by Crippen LogP contribution is 2.31. The number of hydrogen-bond acceptors (Lipinski definition) is 5. The van der Waals surface area contributed by atoms with Gasteiger partial charge in [-0.2, -0.15) is 5.21 Å². The van der Waals surface area contributed by atoms with Crippen molar-refractivity contribution in [2.45, 2.75) is 26.8 Å². The quantitative estimate of drug-likeness (QED) is 0.530. The Labute approximate surface area is 174 Å². The molecule has 0 fully saturated rings. The molecule has 1 aliphatic heterocycles. The SMILES string of the molecule is CCc1cc2c(n1Cc1ccc(-c3ccccc3-c3nn[nH]n3)cc1)NCN=C2C. The van der Waals surface area contributed by atoms with Crippen LogP contribution in [-0.2, 0) is 13.0 Å². The maximum absolute atomic E-state index is 4.52. The fraction of sp³-hybridized carbons (Fsp3) is 0.217. The summed E-state index contributed by atoms with van der Waals surface area (Å²) in [4.78, 5) is 4.52. The van der Waals surface area contributed by atoms with Gasteiger partial charge in [-0.25, -0.2) is 0 Å². The average molecular weight is 397 g/mol. The Balaban J connectivity index is 1.46. The maximum Gasteiger partial charge on any atom is 0.205 e. The van der Waals surface area contributed by atoms with Crippen LogP contribution in [0, 0.1) is 0 Å². The molecule has 150 valence electrons. The number of benzene rings is 2. The molecular weight excluding hydrogens is 374 g/mol. The molecule has 3 heterocycles. The Morgan fingerprint density at radius 2 is 1.80 bits per heavy atom. The largest absolute Gasteiger partial charge is 0.352 e. The van der Waals surface area contributed by atoms with Crippen molar-refractivity contribution >= 4 is 11.5 Å². The molecule has 0 atom stereocenters. The fourth-order valence-corrected chi connectivity index (χ4v) is 4.04. The highest BCUT2D eigenvalue weighted by atomic mass is 15.5. The molecule has 0 saturated heterocycles. The molecule has 30 heavy (non-hydrogen) atoms. The smallest absolute Gasteiger partial charge is 0.205 e. The van der Waals surface area contributed by atoms with Crippen molar-refractivity contribution in [2.24, 2.45) is 4.99 Å². The van der Waals surface area contributed by atoms with E-state index in [2.05, 4.69) is 85.7 Å². The van der Waals surface area contributed by atoms with Crippen molar-refractivity contribution in [3.05, 3.63) is 71.4 Å². The van der Waals surface area contributed by atoms with E-state index >= 15 is 0 Å². The number of fused-ring (bicyclic) bond motifs is 1. The van der Waals surface area contributed by atoms with Crippen molar-refractivity contribution in [1.29, 1.82) is 0 Å². The van der Waals surface area contributed by atoms with Crippen LogP contribution in [-0.4, -0.2) is 37.6 Å². The Kier molecular flexibility index (Phi) is 4.63. The Morgan fingerprint density at radius 1 is 1.00 bits per heavy atom. The highest BCUT2D eigenvalue weighted by Gasteiger charge is 2.19.